The second-order valence-electron chi connectivity index (χ2n) is 7.03. The maximum Gasteiger partial charge on any atom is 0.138 e. The molecule has 2 heterocycles. The lowest BCUT2D eigenvalue weighted by molar-refractivity contribution is 0.156. The average molecular weight is 324 g/mol. The van der Waals surface area contributed by atoms with Crippen LogP contribution in [-0.2, 0) is 6.54 Å². The van der Waals surface area contributed by atoms with Gasteiger partial charge in [0.2, 0.25) is 0 Å². The van der Waals surface area contributed by atoms with Crippen molar-refractivity contribution in [1.29, 1.82) is 0 Å². The van der Waals surface area contributed by atoms with Gasteiger partial charge in [0.15, 0.2) is 0 Å². The van der Waals surface area contributed by atoms with Crippen LogP contribution in [0, 0.1) is 0 Å². The number of H-pyrrole nitrogens is 1. The minimum Gasteiger partial charge on any atom is -0.370 e. The highest BCUT2D eigenvalue weighted by Crippen LogP contribution is 2.23. The molecule has 1 aliphatic heterocycles. The molecule has 1 aromatic carbocycles. The molecule has 1 N–H and O–H groups in total. The summed E-state index contributed by atoms with van der Waals surface area (Å²) >= 11 is 0. The summed E-state index contributed by atoms with van der Waals surface area (Å²) in [5.74, 6) is 0.957. The number of imidazole rings is 1. The molecule has 4 heteroatoms. The van der Waals surface area contributed by atoms with Crippen LogP contribution in [0.4, 0.5) is 0 Å². The summed E-state index contributed by atoms with van der Waals surface area (Å²) in [6.45, 7) is 12.1. The summed E-state index contributed by atoms with van der Waals surface area (Å²) in [5.41, 5.74) is 3.41. The van der Waals surface area contributed by atoms with Gasteiger partial charge in [-0.1, -0.05) is 30.3 Å². The van der Waals surface area contributed by atoms with Crippen molar-refractivity contribution in [3.63, 3.8) is 0 Å². The highest BCUT2D eigenvalue weighted by atomic mass is 15.2. The maximum absolute atomic E-state index is 4.73. The smallest absolute Gasteiger partial charge is 0.138 e. The Morgan fingerprint density at radius 1 is 1.12 bits per heavy atom. The zero-order valence-corrected chi connectivity index (χ0v) is 15.2. The van der Waals surface area contributed by atoms with Gasteiger partial charge in [-0.2, -0.15) is 0 Å². The molecule has 0 aliphatic carbocycles. The van der Waals surface area contributed by atoms with Gasteiger partial charge in [-0.05, 0) is 33.8 Å². The second kappa shape index (κ2) is 7.22. The summed E-state index contributed by atoms with van der Waals surface area (Å²) in [5, 5.41) is 0. The Labute approximate surface area is 145 Å². The van der Waals surface area contributed by atoms with E-state index in [0.29, 0.717) is 12.1 Å². The highest BCUT2D eigenvalue weighted by molar-refractivity contribution is 5.60. The monoisotopic (exact) mass is 324 g/mol. The molecule has 2 aromatic rings. The van der Waals surface area contributed by atoms with E-state index in [9.17, 15) is 0 Å². The molecule has 0 radical (unpaired) electrons. The number of hydrogen-bond donors (Lipinski definition) is 1. The lowest BCUT2D eigenvalue weighted by Crippen LogP contribution is -2.41. The third-order valence-corrected chi connectivity index (χ3v) is 4.63. The molecule has 24 heavy (non-hydrogen) atoms. The van der Waals surface area contributed by atoms with Crippen LogP contribution in [0.2, 0.25) is 0 Å². The molecule has 1 aliphatic rings. The summed E-state index contributed by atoms with van der Waals surface area (Å²) < 4.78 is 0. The Morgan fingerprint density at radius 3 is 2.50 bits per heavy atom. The van der Waals surface area contributed by atoms with E-state index in [1.807, 2.05) is 18.2 Å². The third kappa shape index (κ3) is 3.70. The number of fused-ring (bicyclic) bond motifs is 1. The van der Waals surface area contributed by atoms with Crippen molar-refractivity contribution in [1.82, 2.24) is 19.8 Å². The quantitative estimate of drug-likeness (QED) is 0.873. The van der Waals surface area contributed by atoms with Crippen LogP contribution in [0.1, 0.15) is 39.1 Å². The molecule has 0 bridgehead atoms. The molecule has 4 nitrogen and oxygen atoms in total. The molecule has 0 fully saturated rings. The van der Waals surface area contributed by atoms with Crippen LogP contribution in [0.3, 0.4) is 0 Å². The molecule has 0 saturated heterocycles. The first-order valence-electron chi connectivity index (χ1n) is 8.87. The van der Waals surface area contributed by atoms with Crippen molar-refractivity contribution >= 4 is 6.08 Å². The summed E-state index contributed by atoms with van der Waals surface area (Å²) in [7, 11) is 0. The molecule has 0 spiro atoms. The topological polar surface area (TPSA) is 35.2 Å². The van der Waals surface area contributed by atoms with E-state index in [1.54, 1.807) is 0 Å². The van der Waals surface area contributed by atoms with Crippen molar-refractivity contribution in [3.8, 4) is 11.4 Å². The minimum absolute atomic E-state index is 0.575. The van der Waals surface area contributed by atoms with Gasteiger partial charge >= 0.3 is 0 Å². The van der Waals surface area contributed by atoms with Crippen molar-refractivity contribution < 1.29 is 0 Å². The highest BCUT2D eigenvalue weighted by Gasteiger charge is 2.18. The fraction of sp³-hybridized carbons (Fsp3) is 0.450. The SMILES string of the molecule is CC(C)N(CCN1C=Cc2nc(-c3ccccc3)[nH]c2C1)C(C)C. The minimum atomic E-state index is 0.575. The van der Waals surface area contributed by atoms with E-state index >= 15 is 0 Å². The lowest BCUT2D eigenvalue weighted by atomic mass is 10.2. The molecular weight excluding hydrogens is 296 g/mol. The molecule has 128 valence electrons. The van der Waals surface area contributed by atoms with E-state index in [-0.39, 0.29) is 0 Å². The summed E-state index contributed by atoms with van der Waals surface area (Å²) in [6, 6.07) is 11.5. The first-order valence-corrected chi connectivity index (χ1v) is 8.87. The fourth-order valence-electron chi connectivity index (χ4n) is 3.36. The lowest BCUT2D eigenvalue weighted by Gasteiger charge is -2.33. The number of aromatic amines is 1. The summed E-state index contributed by atoms with van der Waals surface area (Å²) in [4.78, 5) is 13.1. The normalized spacial score (nSPS) is 14.0. The molecule has 0 atom stereocenters. The zero-order chi connectivity index (χ0) is 17.1. The fourth-order valence-corrected chi connectivity index (χ4v) is 3.36. The number of rotatable bonds is 6. The maximum atomic E-state index is 4.73. The van der Waals surface area contributed by atoms with Crippen LogP contribution in [0.25, 0.3) is 17.5 Å². The molecule has 1 aromatic heterocycles. The Kier molecular flexibility index (Phi) is 5.05. The Morgan fingerprint density at radius 2 is 1.83 bits per heavy atom. The molecule has 3 rings (SSSR count). The first-order chi connectivity index (χ1) is 11.5. The van der Waals surface area contributed by atoms with E-state index in [2.05, 4.69) is 66.9 Å². The van der Waals surface area contributed by atoms with Crippen molar-refractivity contribution in [3.05, 3.63) is 47.9 Å². The van der Waals surface area contributed by atoms with Crippen LogP contribution in [0.15, 0.2) is 36.5 Å². The van der Waals surface area contributed by atoms with Gasteiger partial charge in [0.05, 0.1) is 17.9 Å². The molecule has 0 saturated carbocycles. The number of hydrogen-bond acceptors (Lipinski definition) is 3. The first kappa shape index (κ1) is 16.8. The number of aromatic nitrogens is 2. The van der Waals surface area contributed by atoms with Gasteiger partial charge in [-0.15, -0.1) is 0 Å². The van der Waals surface area contributed by atoms with Crippen molar-refractivity contribution in [2.75, 3.05) is 13.1 Å². The second-order valence-corrected chi connectivity index (χ2v) is 7.03. The van der Waals surface area contributed by atoms with Crippen LogP contribution < -0.4 is 0 Å². The molecule has 0 unspecified atom stereocenters. The van der Waals surface area contributed by atoms with E-state index in [0.717, 1.165) is 36.7 Å². The van der Waals surface area contributed by atoms with Gasteiger partial charge in [0.1, 0.15) is 5.82 Å². The zero-order valence-electron chi connectivity index (χ0n) is 15.2. The van der Waals surface area contributed by atoms with E-state index in [4.69, 9.17) is 4.98 Å². The molecular formula is C20H28N4. The van der Waals surface area contributed by atoms with Crippen LogP contribution >= 0.6 is 0 Å². The van der Waals surface area contributed by atoms with Crippen LogP contribution in [0.5, 0.6) is 0 Å². The van der Waals surface area contributed by atoms with E-state index in [1.165, 1.54) is 5.69 Å². The predicted octanol–water partition coefficient (Wildman–Crippen LogP) is 3.98. The predicted molar refractivity (Wildman–Crippen MR) is 100 cm³/mol. The number of nitrogens with one attached hydrogen (secondary N) is 1. The summed E-state index contributed by atoms with van der Waals surface area (Å²) in [6.07, 6.45) is 4.30. The van der Waals surface area contributed by atoms with E-state index < -0.39 is 0 Å². The van der Waals surface area contributed by atoms with Gasteiger partial charge in [0.25, 0.3) is 0 Å². The largest absolute Gasteiger partial charge is 0.370 e. The standard InChI is InChI=1S/C20H28N4/c1-15(2)24(16(3)4)13-12-23-11-10-18-19(14-23)22-20(21-18)17-8-6-5-7-9-17/h5-11,15-16H,12-14H2,1-4H3,(H,21,22). The van der Waals surface area contributed by atoms with Gasteiger partial charge < -0.3 is 9.88 Å². The Hall–Kier alpha value is -2.07. The van der Waals surface area contributed by atoms with Gasteiger partial charge in [-0.3, -0.25) is 4.90 Å². The van der Waals surface area contributed by atoms with Gasteiger partial charge in [-0.25, -0.2) is 4.98 Å². The van der Waals surface area contributed by atoms with Crippen molar-refractivity contribution in [2.45, 2.75) is 46.3 Å². The van der Waals surface area contributed by atoms with Crippen molar-refractivity contribution in [2.24, 2.45) is 0 Å². The Balaban J connectivity index is 1.66. The number of benzene rings is 1. The third-order valence-electron chi connectivity index (χ3n) is 4.63. The Bertz CT molecular complexity index is 677. The van der Waals surface area contributed by atoms with Crippen LogP contribution in [-0.4, -0.2) is 44.9 Å². The molecule has 0 amide bonds. The average Bonchev–Trinajstić information content (AvgIpc) is 2.98. The van der Waals surface area contributed by atoms with Gasteiger partial charge in [0, 0.05) is 36.9 Å². The number of nitrogens with zero attached hydrogens (tertiary/aromatic N) is 3.